The van der Waals surface area contributed by atoms with Gasteiger partial charge in [-0.25, -0.2) is 8.42 Å². The molecule has 0 radical (unpaired) electrons. The first-order valence-corrected chi connectivity index (χ1v) is 5.30. The molecule has 0 aromatic rings. The summed E-state index contributed by atoms with van der Waals surface area (Å²) in [7, 11) is -0.458. The van der Waals surface area contributed by atoms with Crippen molar-refractivity contribution in [1.29, 1.82) is 0 Å². The van der Waals surface area contributed by atoms with Crippen LogP contribution in [0.15, 0.2) is 0 Å². The Morgan fingerprint density at radius 1 is 1.38 bits per heavy atom. The minimum atomic E-state index is -4.06. The first-order valence-electron chi connectivity index (χ1n) is 3.72. The van der Waals surface area contributed by atoms with Crippen molar-refractivity contribution < 1.29 is 42.5 Å². The smallest absolute Gasteiger partial charge is 0.748 e. The monoisotopic (exact) mass is 218 g/mol. The summed E-state index contributed by atoms with van der Waals surface area (Å²) >= 11 is 0. The number of rotatable bonds is 6. The Kier molecular flexibility index (Phi) is 10.2. The van der Waals surface area contributed by atoms with Gasteiger partial charge >= 0.3 is 29.6 Å². The van der Waals surface area contributed by atoms with E-state index in [4.69, 9.17) is 0 Å². The summed E-state index contributed by atoms with van der Waals surface area (Å²) < 4.78 is 30.6. The first kappa shape index (κ1) is 16.3. The fourth-order valence-electron chi connectivity index (χ4n) is 0.682. The molecule has 0 aliphatic rings. The number of hydrogen-bond donors (Lipinski definition) is 1. The van der Waals surface area contributed by atoms with E-state index in [1.54, 1.807) is 11.9 Å². The molecule has 0 amide bonds. The van der Waals surface area contributed by atoms with Crippen molar-refractivity contribution in [2.45, 2.75) is 0 Å². The van der Waals surface area contributed by atoms with Crippen molar-refractivity contribution >= 4 is 10.1 Å². The first-order chi connectivity index (χ1) is 5.45. The minimum Gasteiger partial charge on any atom is -0.748 e. The number of nitrogens with one attached hydrogen (secondary N) is 1. The van der Waals surface area contributed by atoms with Gasteiger partial charge < -0.3 is 14.8 Å². The largest absolute Gasteiger partial charge is 1.00 e. The normalized spacial score (nSPS) is 11.4. The second-order valence-electron chi connectivity index (χ2n) is 2.67. The molecule has 0 aliphatic heterocycles. The molecular weight excluding hydrogens is 203 g/mol. The molecule has 0 rings (SSSR count). The van der Waals surface area contributed by atoms with Gasteiger partial charge in [0.1, 0.15) is 0 Å². The van der Waals surface area contributed by atoms with Crippen LogP contribution in [0.2, 0.25) is 0 Å². The van der Waals surface area contributed by atoms with Crippen LogP contribution in [0.1, 0.15) is 0 Å². The van der Waals surface area contributed by atoms with Gasteiger partial charge in [0.15, 0.2) is 0 Å². The van der Waals surface area contributed by atoms with Crippen LogP contribution < -0.4 is 34.9 Å². The Bertz CT molecular complexity index is 208. The SMILES string of the molecule is CNCCN(C)CCS(=O)(=O)[O-].[Na+]. The van der Waals surface area contributed by atoms with E-state index in [9.17, 15) is 13.0 Å². The Balaban J connectivity index is 0. The molecule has 0 aliphatic carbocycles. The zero-order valence-corrected chi connectivity index (χ0v) is 11.2. The molecule has 74 valence electrons. The summed E-state index contributed by atoms with van der Waals surface area (Å²) in [6, 6.07) is 0. The fraction of sp³-hybridized carbons (Fsp3) is 1.00. The Labute approximate surface area is 102 Å². The summed E-state index contributed by atoms with van der Waals surface area (Å²) in [6.07, 6.45) is 0. The van der Waals surface area contributed by atoms with Crippen LogP contribution >= 0.6 is 0 Å². The van der Waals surface area contributed by atoms with Gasteiger partial charge in [0.2, 0.25) is 0 Å². The van der Waals surface area contributed by atoms with Crippen LogP contribution in [0.3, 0.4) is 0 Å². The zero-order chi connectivity index (χ0) is 9.61. The third-order valence-corrected chi connectivity index (χ3v) is 2.15. The van der Waals surface area contributed by atoms with Gasteiger partial charge in [-0.2, -0.15) is 0 Å². The van der Waals surface area contributed by atoms with E-state index in [0.29, 0.717) is 6.54 Å². The molecule has 13 heavy (non-hydrogen) atoms. The summed E-state index contributed by atoms with van der Waals surface area (Å²) in [5.41, 5.74) is 0. The molecule has 0 aromatic carbocycles. The molecule has 0 saturated carbocycles. The molecule has 0 atom stereocenters. The molecule has 0 saturated heterocycles. The van der Waals surface area contributed by atoms with Gasteiger partial charge in [-0.15, -0.1) is 0 Å². The van der Waals surface area contributed by atoms with E-state index in [1.165, 1.54) is 0 Å². The third-order valence-electron chi connectivity index (χ3n) is 1.47. The molecule has 0 fully saturated rings. The van der Waals surface area contributed by atoms with Gasteiger partial charge in [-0.1, -0.05) is 0 Å². The maximum absolute atomic E-state index is 10.2. The van der Waals surface area contributed by atoms with Crippen LogP contribution in [-0.2, 0) is 10.1 Å². The van der Waals surface area contributed by atoms with E-state index in [2.05, 4.69) is 5.32 Å². The second kappa shape index (κ2) is 8.16. The zero-order valence-electron chi connectivity index (χ0n) is 8.41. The fourth-order valence-corrected chi connectivity index (χ4v) is 1.22. The predicted octanol–water partition coefficient (Wildman–Crippen LogP) is -4.31. The van der Waals surface area contributed by atoms with Crippen LogP contribution in [0, 0.1) is 0 Å². The molecule has 0 spiro atoms. The summed E-state index contributed by atoms with van der Waals surface area (Å²) in [4.78, 5) is 1.80. The molecule has 0 unspecified atom stereocenters. The molecule has 5 nitrogen and oxygen atoms in total. The van der Waals surface area contributed by atoms with Crippen molar-refractivity contribution in [3.63, 3.8) is 0 Å². The van der Waals surface area contributed by atoms with Gasteiger partial charge in [-0.3, -0.25) is 0 Å². The van der Waals surface area contributed by atoms with Crippen molar-refractivity contribution in [3.05, 3.63) is 0 Å². The number of hydrogen-bond acceptors (Lipinski definition) is 5. The van der Waals surface area contributed by atoms with E-state index in [1.807, 2.05) is 7.05 Å². The quantitative estimate of drug-likeness (QED) is 0.361. The predicted molar refractivity (Wildman–Crippen MR) is 46.0 cm³/mol. The summed E-state index contributed by atoms with van der Waals surface area (Å²) in [5, 5.41) is 2.93. The molecule has 0 heterocycles. The third kappa shape index (κ3) is 12.8. The minimum absolute atomic E-state index is 0. The average molecular weight is 218 g/mol. The molecular formula is C6H15N2NaO3S. The average Bonchev–Trinajstić information content (AvgIpc) is 1.95. The van der Waals surface area contributed by atoms with E-state index >= 15 is 0 Å². The van der Waals surface area contributed by atoms with Crippen molar-refractivity contribution in [2.24, 2.45) is 0 Å². The van der Waals surface area contributed by atoms with Gasteiger partial charge in [0.05, 0.1) is 15.9 Å². The van der Waals surface area contributed by atoms with Crippen molar-refractivity contribution in [1.82, 2.24) is 10.2 Å². The van der Waals surface area contributed by atoms with E-state index < -0.39 is 10.1 Å². The van der Waals surface area contributed by atoms with Crippen LogP contribution in [0.4, 0.5) is 0 Å². The van der Waals surface area contributed by atoms with Gasteiger partial charge in [0.25, 0.3) is 0 Å². The van der Waals surface area contributed by atoms with E-state index in [-0.39, 0.29) is 35.3 Å². The maximum Gasteiger partial charge on any atom is 1.00 e. The van der Waals surface area contributed by atoms with Crippen LogP contribution in [0.5, 0.6) is 0 Å². The van der Waals surface area contributed by atoms with E-state index in [0.717, 1.165) is 13.1 Å². The molecule has 1 N–H and O–H groups in total. The van der Waals surface area contributed by atoms with Crippen molar-refractivity contribution in [3.8, 4) is 0 Å². The number of likely N-dealkylation sites (N-methyl/N-ethyl adjacent to an activating group) is 2. The number of nitrogens with zero attached hydrogens (tertiary/aromatic N) is 1. The maximum atomic E-state index is 10.2. The molecule has 0 bridgehead atoms. The Morgan fingerprint density at radius 2 is 1.92 bits per heavy atom. The standard InChI is InChI=1S/C6H16N2O3S.Na/c1-7-3-4-8(2)5-6-12(9,10)11;/h7H,3-6H2,1-2H3,(H,9,10,11);/q;+1/p-1. The van der Waals surface area contributed by atoms with Crippen molar-refractivity contribution in [2.75, 3.05) is 39.5 Å². The van der Waals surface area contributed by atoms with Gasteiger partial charge in [-0.05, 0) is 14.1 Å². The Morgan fingerprint density at radius 3 is 2.31 bits per heavy atom. The summed E-state index contributed by atoms with van der Waals surface area (Å²) in [6.45, 7) is 1.83. The van der Waals surface area contributed by atoms with Crippen LogP contribution in [0.25, 0.3) is 0 Å². The topological polar surface area (TPSA) is 72.5 Å². The molecule has 7 heteroatoms. The second-order valence-corrected chi connectivity index (χ2v) is 4.19. The summed E-state index contributed by atoms with van der Waals surface area (Å²) in [5.74, 6) is -0.312. The van der Waals surface area contributed by atoms with Crippen LogP contribution in [-0.4, -0.2) is 57.4 Å². The Hall–Kier alpha value is 0.830. The van der Waals surface area contributed by atoms with Gasteiger partial charge in [0, 0.05) is 19.6 Å². The molecule has 0 aromatic heterocycles.